The van der Waals surface area contributed by atoms with Gasteiger partial charge in [-0.2, -0.15) is 10.2 Å². The molecule has 2 fully saturated rings. The van der Waals surface area contributed by atoms with Crippen LogP contribution in [0.1, 0.15) is 19.4 Å². The quantitative estimate of drug-likeness (QED) is 0.651. The van der Waals surface area contributed by atoms with E-state index in [0.29, 0.717) is 6.54 Å². The largest absolute Gasteiger partial charge is 0.372 e. The lowest BCUT2D eigenvalue weighted by Crippen LogP contribution is -2.75. The highest BCUT2D eigenvalue weighted by Gasteiger charge is 2.63. The summed E-state index contributed by atoms with van der Waals surface area (Å²) in [6.45, 7) is 4.25. The number of aromatic nitrogens is 3. The van der Waals surface area contributed by atoms with Crippen LogP contribution < -0.4 is 15.5 Å². The van der Waals surface area contributed by atoms with Gasteiger partial charge in [0.2, 0.25) is 11.8 Å². The molecule has 3 aliphatic rings. The number of barbiturate groups is 1. The van der Waals surface area contributed by atoms with Gasteiger partial charge in [-0.15, -0.1) is 0 Å². The number of hydrogen-bond acceptors (Lipinski definition) is 8. The minimum absolute atomic E-state index is 0.107. The zero-order valence-electron chi connectivity index (χ0n) is 16.5. The Morgan fingerprint density at radius 2 is 1.87 bits per heavy atom. The molecule has 2 aromatic heterocycles. The first-order valence-electron chi connectivity index (χ1n) is 9.75. The third kappa shape index (κ3) is 2.60. The lowest BCUT2D eigenvalue weighted by atomic mass is 9.67. The maximum absolute atomic E-state index is 13.1. The summed E-state index contributed by atoms with van der Waals surface area (Å²) in [5.41, 5.74) is 0.880. The number of rotatable bonds is 1. The molecule has 10 heteroatoms. The number of nitrogens with one attached hydrogen (secondary N) is 2. The van der Waals surface area contributed by atoms with Crippen molar-refractivity contribution in [2.24, 2.45) is 5.41 Å². The predicted molar refractivity (Wildman–Crippen MR) is 104 cm³/mol. The van der Waals surface area contributed by atoms with Crippen LogP contribution in [0.25, 0.3) is 11.1 Å². The number of hydrogen-bond donors (Lipinski definition) is 2. The van der Waals surface area contributed by atoms with E-state index in [0.717, 1.165) is 22.5 Å². The maximum atomic E-state index is 13.1. The fourth-order valence-corrected chi connectivity index (χ4v) is 4.92. The normalized spacial score (nSPS) is 27.2. The van der Waals surface area contributed by atoms with Crippen LogP contribution in [0.2, 0.25) is 0 Å². The number of carbonyl (C=O) groups excluding carboxylic acids is 3. The molecule has 0 bridgehead atoms. The van der Waals surface area contributed by atoms with Gasteiger partial charge in [-0.05, 0) is 31.5 Å². The third-order valence-corrected chi connectivity index (χ3v) is 6.05. The number of fused-ring (bicyclic) bond motifs is 4. The maximum Gasteiger partial charge on any atom is 0.328 e. The van der Waals surface area contributed by atoms with Crippen molar-refractivity contribution >= 4 is 23.7 Å². The zero-order valence-corrected chi connectivity index (χ0v) is 16.5. The Labute approximate surface area is 172 Å². The van der Waals surface area contributed by atoms with Crippen molar-refractivity contribution in [3.8, 4) is 11.1 Å². The van der Waals surface area contributed by atoms with E-state index in [1.807, 2.05) is 30.9 Å². The first-order valence-corrected chi connectivity index (χ1v) is 9.75. The number of nitrogens with zero attached hydrogens (tertiary/aromatic N) is 4. The van der Waals surface area contributed by atoms with E-state index in [1.165, 1.54) is 0 Å². The van der Waals surface area contributed by atoms with Gasteiger partial charge in [-0.3, -0.25) is 20.2 Å². The van der Waals surface area contributed by atoms with Gasteiger partial charge >= 0.3 is 6.03 Å². The molecule has 2 saturated heterocycles. The van der Waals surface area contributed by atoms with Crippen molar-refractivity contribution in [1.82, 2.24) is 25.8 Å². The molecule has 0 unspecified atom stereocenters. The van der Waals surface area contributed by atoms with Crippen molar-refractivity contribution in [2.45, 2.75) is 38.5 Å². The van der Waals surface area contributed by atoms with Gasteiger partial charge in [-0.1, -0.05) is 0 Å². The van der Waals surface area contributed by atoms with Gasteiger partial charge in [0, 0.05) is 30.3 Å². The minimum Gasteiger partial charge on any atom is -0.372 e. The first-order chi connectivity index (χ1) is 14.4. The van der Waals surface area contributed by atoms with Crippen LogP contribution in [0.5, 0.6) is 0 Å². The number of carbonyl (C=O) groups is 3. The van der Waals surface area contributed by atoms with Crippen molar-refractivity contribution < 1.29 is 19.1 Å². The average molecular weight is 408 g/mol. The standard InChI is InChI=1S/C20H20N6O4/c1-10-9-26-15(11(2)30-10)20(17(27)24-19(29)25-18(20)28)6-13-5-14(7-21-16(13)26)12-3-4-22-23-8-12/h3-5,7-8,10-11,15H,6,9H2,1-2H3,(H2,24,25,27,28,29)/t10-,11+,15-/m1/s1. The molecule has 0 radical (unpaired) electrons. The highest BCUT2D eigenvalue weighted by atomic mass is 16.5. The molecule has 0 aliphatic carbocycles. The monoisotopic (exact) mass is 408 g/mol. The molecule has 30 heavy (non-hydrogen) atoms. The molecule has 10 nitrogen and oxygen atoms in total. The summed E-state index contributed by atoms with van der Waals surface area (Å²) in [5.74, 6) is -0.508. The Kier molecular flexibility index (Phi) is 4.07. The van der Waals surface area contributed by atoms with Gasteiger partial charge in [0.1, 0.15) is 5.82 Å². The second-order valence-corrected chi connectivity index (χ2v) is 7.97. The predicted octanol–water partition coefficient (Wildman–Crippen LogP) is 0.429. The molecule has 2 aromatic rings. The van der Waals surface area contributed by atoms with Crippen LogP contribution in [0, 0.1) is 5.41 Å². The summed E-state index contributed by atoms with van der Waals surface area (Å²) in [4.78, 5) is 44.7. The van der Waals surface area contributed by atoms with Gasteiger partial charge in [0.25, 0.3) is 0 Å². The van der Waals surface area contributed by atoms with Crippen LogP contribution in [0.4, 0.5) is 10.6 Å². The van der Waals surface area contributed by atoms with Crippen molar-refractivity contribution in [1.29, 1.82) is 0 Å². The van der Waals surface area contributed by atoms with Crippen LogP contribution in [0.3, 0.4) is 0 Å². The topological polar surface area (TPSA) is 126 Å². The van der Waals surface area contributed by atoms with E-state index < -0.39 is 35.4 Å². The van der Waals surface area contributed by atoms with E-state index in [9.17, 15) is 14.4 Å². The molecular formula is C20H20N6O4. The Balaban J connectivity index is 1.68. The van der Waals surface area contributed by atoms with Gasteiger partial charge in [-0.25, -0.2) is 9.78 Å². The van der Waals surface area contributed by atoms with Crippen molar-refractivity contribution in [3.63, 3.8) is 0 Å². The Morgan fingerprint density at radius 1 is 1.10 bits per heavy atom. The van der Waals surface area contributed by atoms with Crippen LogP contribution in [0.15, 0.2) is 30.7 Å². The summed E-state index contributed by atoms with van der Waals surface area (Å²) in [7, 11) is 0. The lowest BCUT2D eigenvalue weighted by molar-refractivity contribution is -0.153. The van der Waals surface area contributed by atoms with E-state index in [2.05, 4.69) is 25.8 Å². The molecule has 5 heterocycles. The number of ether oxygens (including phenoxy) is 1. The number of amides is 4. The third-order valence-electron chi connectivity index (χ3n) is 6.05. The van der Waals surface area contributed by atoms with Crippen molar-refractivity contribution in [2.75, 3.05) is 11.4 Å². The smallest absolute Gasteiger partial charge is 0.328 e. The summed E-state index contributed by atoms with van der Waals surface area (Å²) in [6.07, 6.45) is 4.54. The Hall–Kier alpha value is -3.40. The SMILES string of the molecule is C[C@@H]1CN2c3ncc(-c4ccnnc4)cc3CC3(C(=O)NC(=O)NC3=O)[C@H]2[C@H](C)O1. The summed E-state index contributed by atoms with van der Waals surface area (Å²) in [5, 5.41) is 12.3. The summed E-state index contributed by atoms with van der Waals surface area (Å²) < 4.78 is 5.99. The van der Waals surface area contributed by atoms with E-state index in [-0.39, 0.29) is 12.5 Å². The molecule has 3 aliphatic heterocycles. The van der Waals surface area contributed by atoms with Crippen LogP contribution >= 0.6 is 0 Å². The molecule has 154 valence electrons. The second-order valence-electron chi connectivity index (χ2n) is 7.97. The average Bonchev–Trinajstić information content (AvgIpc) is 2.71. The second kappa shape index (κ2) is 6.56. The summed E-state index contributed by atoms with van der Waals surface area (Å²) in [6, 6.07) is 2.34. The van der Waals surface area contributed by atoms with Gasteiger partial charge < -0.3 is 9.64 Å². The molecule has 0 saturated carbocycles. The van der Waals surface area contributed by atoms with Gasteiger partial charge in [0.05, 0.1) is 30.6 Å². The number of pyridine rings is 1. The fourth-order valence-electron chi connectivity index (χ4n) is 4.92. The van der Waals surface area contributed by atoms with E-state index in [4.69, 9.17) is 4.74 Å². The highest BCUT2D eigenvalue weighted by molar-refractivity contribution is 6.20. The van der Waals surface area contributed by atoms with Crippen LogP contribution in [-0.2, 0) is 20.7 Å². The molecule has 4 amide bonds. The zero-order chi connectivity index (χ0) is 21.0. The first kappa shape index (κ1) is 18.6. The molecule has 0 aromatic carbocycles. The molecule has 3 atom stereocenters. The molecule has 5 rings (SSSR count). The Bertz CT molecular complexity index is 1040. The number of imide groups is 2. The number of urea groups is 1. The van der Waals surface area contributed by atoms with Gasteiger partial charge in [0.15, 0.2) is 5.41 Å². The Morgan fingerprint density at radius 3 is 2.57 bits per heavy atom. The molecule has 1 spiro atoms. The number of morpholine rings is 1. The minimum atomic E-state index is -1.50. The summed E-state index contributed by atoms with van der Waals surface area (Å²) >= 11 is 0. The number of anilines is 1. The fraction of sp³-hybridized carbons (Fsp3) is 0.400. The van der Waals surface area contributed by atoms with E-state index >= 15 is 0 Å². The lowest BCUT2D eigenvalue weighted by Gasteiger charge is -2.54. The molecular weight excluding hydrogens is 388 g/mol. The van der Waals surface area contributed by atoms with Crippen LogP contribution in [-0.4, -0.2) is 57.8 Å². The van der Waals surface area contributed by atoms with E-state index in [1.54, 1.807) is 18.6 Å². The highest BCUT2D eigenvalue weighted by Crippen LogP contribution is 2.46. The molecule has 2 N–H and O–H groups in total. The van der Waals surface area contributed by atoms with Crippen molar-refractivity contribution in [3.05, 3.63) is 36.3 Å².